The molecule has 1 atom stereocenters. The van der Waals surface area contributed by atoms with E-state index in [2.05, 4.69) is 25.9 Å². The Kier molecular flexibility index (Phi) is 2.51. The van der Waals surface area contributed by atoms with E-state index in [0.29, 0.717) is 5.02 Å². The van der Waals surface area contributed by atoms with Crippen LogP contribution in [0.4, 0.5) is 0 Å². The number of nitrogens with zero attached hydrogens (tertiary/aromatic N) is 1. The summed E-state index contributed by atoms with van der Waals surface area (Å²) in [6.07, 6.45) is 0. The molecule has 2 aromatic rings. The van der Waals surface area contributed by atoms with Crippen molar-refractivity contribution >= 4 is 38.6 Å². The molecule has 1 heterocycles. The molecule has 0 radical (unpaired) electrons. The Bertz CT molecular complexity index is 439. The summed E-state index contributed by atoms with van der Waals surface area (Å²) in [6.45, 7) is 1.87. The van der Waals surface area contributed by atoms with E-state index in [1.165, 1.54) is 0 Å². The summed E-state index contributed by atoms with van der Waals surface area (Å²) >= 11 is 9.43. The monoisotopic (exact) mass is 273 g/mol. The van der Waals surface area contributed by atoms with Gasteiger partial charge in [-0.15, -0.1) is 0 Å². The third-order valence-corrected chi connectivity index (χ3v) is 2.96. The third kappa shape index (κ3) is 1.54. The second-order valence-electron chi connectivity index (χ2n) is 3.16. The molecule has 0 saturated carbocycles. The number of hydrogen-bond acceptors (Lipinski definition) is 2. The van der Waals surface area contributed by atoms with Crippen molar-refractivity contribution in [2.45, 2.75) is 13.0 Å². The molecular formula is C9H9BrClN3. The van der Waals surface area contributed by atoms with E-state index in [-0.39, 0.29) is 6.04 Å². The first-order valence-electron chi connectivity index (χ1n) is 4.19. The van der Waals surface area contributed by atoms with Crippen molar-refractivity contribution < 1.29 is 0 Å². The summed E-state index contributed by atoms with van der Waals surface area (Å²) in [6, 6.07) is 3.57. The molecular weight excluding hydrogens is 265 g/mol. The molecule has 2 rings (SSSR count). The van der Waals surface area contributed by atoms with Crippen LogP contribution in [-0.2, 0) is 0 Å². The number of imidazole rings is 1. The summed E-state index contributed by atoms with van der Waals surface area (Å²) < 4.78 is 0.941. The average molecular weight is 275 g/mol. The number of nitrogens with two attached hydrogens (primary N) is 1. The van der Waals surface area contributed by atoms with E-state index in [0.717, 1.165) is 21.3 Å². The minimum atomic E-state index is -0.120. The van der Waals surface area contributed by atoms with Crippen LogP contribution in [0.1, 0.15) is 18.8 Å². The highest BCUT2D eigenvalue weighted by Crippen LogP contribution is 2.28. The predicted octanol–water partition coefficient (Wildman–Crippen LogP) is 3.00. The van der Waals surface area contributed by atoms with E-state index in [9.17, 15) is 0 Å². The third-order valence-electron chi connectivity index (χ3n) is 1.99. The Balaban J connectivity index is 2.75. The average Bonchev–Trinajstić information content (AvgIpc) is 2.57. The quantitative estimate of drug-likeness (QED) is 0.840. The molecule has 0 saturated heterocycles. The zero-order valence-electron chi connectivity index (χ0n) is 7.51. The van der Waals surface area contributed by atoms with Gasteiger partial charge in [-0.05, 0) is 35.0 Å². The van der Waals surface area contributed by atoms with Crippen LogP contribution in [0.15, 0.2) is 16.6 Å². The van der Waals surface area contributed by atoms with Crippen LogP contribution in [0.2, 0.25) is 5.02 Å². The van der Waals surface area contributed by atoms with Gasteiger partial charge in [0.15, 0.2) is 0 Å². The zero-order chi connectivity index (χ0) is 10.3. The van der Waals surface area contributed by atoms with Crippen molar-refractivity contribution in [1.29, 1.82) is 0 Å². The number of benzene rings is 1. The van der Waals surface area contributed by atoms with Crippen molar-refractivity contribution in [3.8, 4) is 0 Å². The van der Waals surface area contributed by atoms with Crippen LogP contribution >= 0.6 is 27.5 Å². The Morgan fingerprint density at radius 3 is 2.86 bits per heavy atom. The smallest absolute Gasteiger partial charge is 0.124 e. The lowest BCUT2D eigenvalue weighted by Gasteiger charge is -1.96. The predicted molar refractivity (Wildman–Crippen MR) is 61.4 cm³/mol. The second kappa shape index (κ2) is 3.53. The van der Waals surface area contributed by atoms with Crippen LogP contribution in [0.5, 0.6) is 0 Å². The number of fused-ring (bicyclic) bond motifs is 1. The number of H-pyrrole nitrogens is 1. The highest BCUT2D eigenvalue weighted by Gasteiger charge is 2.11. The van der Waals surface area contributed by atoms with Crippen LogP contribution < -0.4 is 5.73 Å². The lowest BCUT2D eigenvalue weighted by Crippen LogP contribution is -2.06. The summed E-state index contributed by atoms with van der Waals surface area (Å²) in [4.78, 5) is 7.47. The largest absolute Gasteiger partial charge is 0.340 e. The fraction of sp³-hybridized carbons (Fsp3) is 0.222. The lowest BCUT2D eigenvalue weighted by atomic mass is 10.3. The topological polar surface area (TPSA) is 54.7 Å². The fourth-order valence-electron chi connectivity index (χ4n) is 1.26. The normalized spacial score (nSPS) is 13.4. The number of aromatic nitrogens is 2. The molecule has 0 spiro atoms. The van der Waals surface area contributed by atoms with Crippen LogP contribution in [0.25, 0.3) is 11.0 Å². The van der Waals surface area contributed by atoms with Crippen molar-refractivity contribution in [2.75, 3.05) is 0 Å². The Labute approximate surface area is 94.8 Å². The molecule has 0 fully saturated rings. The van der Waals surface area contributed by atoms with Crippen molar-refractivity contribution in [2.24, 2.45) is 5.73 Å². The molecule has 0 bridgehead atoms. The van der Waals surface area contributed by atoms with Gasteiger partial charge in [0, 0.05) is 4.47 Å². The van der Waals surface area contributed by atoms with Gasteiger partial charge in [-0.1, -0.05) is 11.6 Å². The number of rotatable bonds is 1. The van der Waals surface area contributed by atoms with Gasteiger partial charge in [0.2, 0.25) is 0 Å². The van der Waals surface area contributed by atoms with Gasteiger partial charge in [0.05, 0.1) is 16.6 Å². The van der Waals surface area contributed by atoms with E-state index in [4.69, 9.17) is 17.3 Å². The summed E-state index contributed by atoms with van der Waals surface area (Å²) in [5.41, 5.74) is 7.38. The summed E-state index contributed by atoms with van der Waals surface area (Å²) in [5.74, 6) is 0.744. The first-order chi connectivity index (χ1) is 6.59. The Morgan fingerprint density at radius 1 is 1.57 bits per heavy atom. The molecule has 0 unspecified atom stereocenters. The fourth-order valence-corrected chi connectivity index (χ4v) is 1.88. The molecule has 74 valence electrons. The van der Waals surface area contributed by atoms with Crippen molar-refractivity contribution in [3.63, 3.8) is 0 Å². The molecule has 0 aliphatic carbocycles. The van der Waals surface area contributed by atoms with E-state index in [1.54, 1.807) is 6.07 Å². The number of aromatic amines is 1. The van der Waals surface area contributed by atoms with Gasteiger partial charge in [0.1, 0.15) is 11.3 Å². The maximum atomic E-state index is 6.00. The molecule has 1 aromatic carbocycles. The van der Waals surface area contributed by atoms with Crippen LogP contribution in [-0.4, -0.2) is 9.97 Å². The van der Waals surface area contributed by atoms with Gasteiger partial charge in [-0.25, -0.2) is 4.98 Å². The van der Waals surface area contributed by atoms with E-state index in [1.807, 2.05) is 13.0 Å². The molecule has 0 amide bonds. The maximum Gasteiger partial charge on any atom is 0.124 e. The maximum absolute atomic E-state index is 6.00. The van der Waals surface area contributed by atoms with Gasteiger partial charge < -0.3 is 10.7 Å². The van der Waals surface area contributed by atoms with Gasteiger partial charge in [-0.2, -0.15) is 0 Å². The van der Waals surface area contributed by atoms with Gasteiger partial charge >= 0.3 is 0 Å². The molecule has 14 heavy (non-hydrogen) atoms. The number of hydrogen-bond donors (Lipinski definition) is 2. The van der Waals surface area contributed by atoms with Gasteiger partial charge in [-0.3, -0.25) is 0 Å². The SMILES string of the molecule is C[C@H](N)c1nc2c(Cl)ccc(Br)c2[nH]1. The van der Waals surface area contributed by atoms with Crippen LogP contribution in [0.3, 0.4) is 0 Å². The zero-order valence-corrected chi connectivity index (χ0v) is 9.85. The van der Waals surface area contributed by atoms with E-state index >= 15 is 0 Å². The molecule has 0 aliphatic heterocycles. The minimum absolute atomic E-state index is 0.120. The van der Waals surface area contributed by atoms with Crippen LogP contribution in [0, 0.1) is 0 Å². The van der Waals surface area contributed by atoms with Crippen molar-refractivity contribution in [1.82, 2.24) is 9.97 Å². The Morgan fingerprint density at radius 2 is 2.29 bits per heavy atom. The van der Waals surface area contributed by atoms with Gasteiger partial charge in [0.25, 0.3) is 0 Å². The molecule has 1 aromatic heterocycles. The highest BCUT2D eigenvalue weighted by atomic mass is 79.9. The number of nitrogens with one attached hydrogen (secondary N) is 1. The minimum Gasteiger partial charge on any atom is -0.340 e. The molecule has 5 heteroatoms. The summed E-state index contributed by atoms with van der Waals surface area (Å²) in [7, 11) is 0. The first-order valence-corrected chi connectivity index (χ1v) is 5.36. The second-order valence-corrected chi connectivity index (χ2v) is 4.43. The standard InChI is InChI=1S/C9H9BrClN3/c1-4(12)9-13-7-5(10)2-3-6(11)8(7)14-9/h2-4H,12H2,1H3,(H,13,14)/t4-/m0/s1. The lowest BCUT2D eigenvalue weighted by molar-refractivity contribution is 0.760. The number of halogens is 2. The highest BCUT2D eigenvalue weighted by molar-refractivity contribution is 9.10. The molecule has 3 nitrogen and oxygen atoms in total. The molecule has 3 N–H and O–H groups in total. The Hall–Kier alpha value is -0.580. The first kappa shape index (κ1) is 9.96. The van der Waals surface area contributed by atoms with Crippen molar-refractivity contribution in [3.05, 3.63) is 27.5 Å². The molecule has 0 aliphatic rings. The van der Waals surface area contributed by atoms with E-state index < -0.39 is 0 Å². The summed E-state index contributed by atoms with van der Waals surface area (Å²) in [5, 5.41) is 0.631.